The SMILES string of the molecule is [Cs+].[O-]C1=C(C2=NC(c3cccc(-c4nc(-c5ccccc5)cc(-c5ccccc5)n4)c3)=CCC2)CCC=C1. The van der Waals surface area contributed by atoms with Gasteiger partial charge in [-0.25, -0.2) is 9.97 Å². The average molecular weight is 613 g/mol. The second kappa shape index (κ2) is 12.6. The van der Waals surface area contributed by atoms with Gasteiger partial charge in [-0.05, 0) is 43.4 Å². The van der Waals surface area contributed by atoms with E-state index in [1.807, 2.05) is 60.7 Å². The van der Waals surface area contributed by atoms with Crippen LogP contribution in [-0.2, 0) is 0 Å². The molecular weight excluding hydrogens is 587 g/mol. The van der Waals surface area contributed by atoms with Crippen LogP contribution >= 0.6 is 0 Å². The standard InChI is InChI=1S/C33H27N3O.Cs/c37-32-20-8-7-17-27(32)29-19-10-18-28(34-29)25-15-9-16-26(21-25)33-35-30(23-11-3-1-4-12-23)22-31(36-33)24-13-5-2-6-14-24;/h1-6,8-9,11-16,18,20-22,37H,7,10,17,19H2;/q;+1/p-1. The summed E-state index contributed by atoms with van der Waals surface area (Å²) in [7, 11) is 0. The predicted molar refractivity (Wildman–Crippen MR) is 148 cm³/mol. The molecule has 0 saturated carbocycles. The van der Waals surface area contributed by atoms with Crippen LogP contribution in [0, 0.1) is 0 Å². The van der Waals surface area contributed by atoms with E-state index in [2.05, 4.69) is 42.5 Å². The third kappa shape index (κ3) is 6.04. The molecule has 38 heavy (non-hydrogen) atoms. The van der Waals surface area contributed by atoms with Gasteiger partial charge in [-0.3, -0.25) is 4.99 Å². The van der Waals surface area contributed by atoms with Crippen LogP contribution in [0.5, 0.6) is 0 Å². The monoisotopic (exact) mass is 613 g/mol. The van der Waals surface area contributed by atoms with E-state index >= 15 is 0 Å². The van der Waals surface area contributed by atoms with E-state index in [0.29, 0.717) is 5.82 Å². The Morgan fingerprint density at radius 3 is 1.92 bits per heavy atom. The molecule has 180 valence electrons. The molecular formula is C33H26CsN3O. The first kappa shape index (κ1) is 27.1. The number of hydrogen-bond donors (Lipinski definition) is 0. The largest absolute Gasteiger partial charge is 1.00 e. The summed E-state index contributed by atoms with van der Waals surface area (Å²) in [5, 5.41) is 12.4. The third-order valence-corrected chi connectivity index (χ3v) is 6.73. The van der Waals surface area contributed by atoms with Crippen molar-refractivity contribution in [3.8, 4) is 33.9 Å². The summed E-state index contributed by atoms with van der Waals surface area (Å²) in [5.41, 5.74) is 8.48. The molecule has 2 aliphatic rings. The van der Waals surface area contributed by atoms with Crippen molar-refractivity contribution in [2.24, 2.45) is 4.99 Å². The fourth-order valence-electron chi connectivity index (χ4n) is 4.83. The van der Waals surface area contributed by atoms with Crippen LogP contribution in [0.15, 0.2) is 126 Å². The minimum atomic E-state index is 0. The third-order valence-electron chi connectivity index (χ3n) is 6.73. The van der Waals surface area contributed by atoms with E-state index in [1.54, 1.807) is 6.08 Å². The van der Waals surface area contributed by atoms with Gasteiger partial charge in [0.15, 0.2) is 5.82 Å². The minimum Gasteiger partial charge on any atom is -0.872 e. The smallest absolute Gasteiger partial charge is 0.872 e. The quantitative estimate of drug-likeness (QED) is 0.342. The molecule has 0 saturated heterocycles. The van der Waals surface area contributed by atoms with Gasteiger partial charge in [-0.2, -0.15) is 0 Å². The van der Waals surface area contributed by atoms with E-state index in [-0.39, 0.29) is 74.7 Å². The molecule has 0 radical (unpaired) electrons. The van der Waals surface area contributed by atoms with E-state index < -0.39 is 0 Å². The Kier molecular flexibility index (Phi) is 8.94. The Balaban J connectivity index is 0.00000294. The molecule has 4 nitrogen and oxygen atoms in total. The number of aromatic nitrogens is 2. The maximum Gasteiger partial charge on any atom is 1.00 e. The molecule has 0 spiro atoms. The fourth-order valence-corrected chi connectivity index (χ4v) is 4.83. The molecule has 0 N–H and O–H groups in total. The predicted octanol–water partition coefficient (Wildman–Crippen LogP) is 4.02. The minimum absolute atomic E-state index is 0. The zero-order valence-electron chi connectivity index (χ0n) is 21.5. The topological polar surface area (TPSA) is 61.2 Å². The molecule has 2 heterocycles. The maximum absolute atomic E-state index is 12.4. The molecule has 6 rings (SSSR count). The average Bonchev–Trinajstić information content (AvgIpc) is 2.98. The summed E-state index contributed by atoms with van der Waals surface area (Å²) in [6.45, 7) is 0. The summed E-state index contributed by atoms with van der Waals surface area (Å²) < 4.78 is 0. The zero-order valence-corrected chi connectivity index (χ0v) is 27.8. The van der Waals surface area contributed by atoms with Crippen molar-refractivity contribution in [3.63, 3.8) is 0 Å². The Bertz CT molecular complexity index is 1510. The van der Waals surface area contributed by atoms with Crippen molar-refractivity contribution < 1.29 is 74.0 Å². The van der Waals surface area contributed by atoms with Crippen LogP contribution in [0.1, 0.15) is 31.2 Å². The first-order valence-electron chi connectivity index (χ1n) is 12.7. The second-order valence-corrected chi connectivity index (χ2v) is 9.25. The van der Waals surface area contributed by atoms with Crippen molar-refractivity contribution in [2.75, 3.05) is 0 Å². The zero-order chi connectivity index (χ0) is 25.0. The van der Waals surface area contributed by atoms with Crippen molar-refractivity contribution in [3.05, 3.63) is 126 Å². The first-order valence-corrected chi connectivity index (χ1v) is 12.7. The van der Waals surface area contributed by atoms with Gasteiger partial charge in [0.2, 0.25) is 0 Å². The second-order valence-electron chi connectivity index (χ2n) is 9.25. The molecule has 5 heteroatoms. The van der Waals surface area contributed by atoms with Crippen LogP contribution in [0.2, 0.25) is 0 Å². The number of benzene rings is 3. The van der Waals surface area contributed by atoms with E-state index in [0.717, 1.165) is 76.3 Å². The van der Waals surface area contributed by atoms with Crippen molar-refractivity contribution >= 4 is 11.4 Å². The summed E-state index contributed by atoms with van der Waals surface area (Å²) >= 11 is 0. The van der Waals surface area contributed by atoms with Gasteiger partial charge in [-0.1, -0.05) is 97.1 Å². The van der Waals surface area contributed by atoms with Gasteiger partial charge in [0.05, 0.1) is 17.1 Å². The fraction of sp³-hybridized carbons (Fsp3) is 0.121. The van der Waals surface area contributed by atoms with Gasteiger partial charge in [0, 0.05) is 28.0 Å². The number of nitrogens with zero attached hydrogens (tertiary/aromatic N) is 3. The molecule has 3 aromatic carbocycles. The molecule has 0 atom stereocenters. The molecule has 4 aromatic rings. The number of hydrogen-bond acceptors (Lipinski definition) is 4. The maximum atomic E-state index is 12.4. The van der Waals surface area contributed by atoms with Gasteiger partial charge in [-0.15, -0.1) is 5.76 Å². The summed E-state index contributed by atoms with van der Waals surface area (Å²) in [6, 6.07) is 30.7. The summed E-state index contributed by atoms with van der Waals surface area (Å²) in [5.74, 6) is 0.768. The van der Waals surface area contributed by atoms with Crippen LogP contribution in [0.3, 0.4) is 0 Å². The first-order chi connectivity index (χ1) is 18.2. The molecule has 1 aliphatic heterocycles. The van der Waals surface area contributed by atoms with E-state index in [9.17, 15) is 5.11 Å². The summed E-state index contributed by atoms with van der Waals surface area (Å²) in [4.78, 5) is 14.9. The number of rotatable bonds is 5. The summed E-state index contributed by atoms with van der Waals surface area (Å²) in [6.07, 6.45) is 9.13. The van der Waals surface area contributed by atoms with E-state index in [1.165, 1.54) is 0 Å². The van der Waals surface area contributed by atoms with Gasteiger partial charge >= 0.3 is 68.9 Å². The Morgan fingerprint density at radius 2 is 1.26 bits per heavy atom. The van der Waals surface area contributed by atoms with Crippen LogP contribution < -0.4 is 74.0 Å². The van der Waals surface area contributed by atoms with Crippen LogP contribution in [0.25, 0.3) is 39.6 Å². The van der Waals surface area contributed by atoms with Crippen molar-refractivity contribution in [1.29, 1.82) is 0 Å². The van der Waals surface area contributed by atoms with Gasteiger partial charge < -0.3 is 5.11 Å². The van der Waals surface area contributed by atoms with E-state index in [4.69, 9.17) is 15.0 Å². The normalized spacial score (nSPS) is 14.9. The Morgan fingerprint density at radius 1 is 0.632 bits per heavy atom. The molecule has 0 bridgehead atoms. The molecule has 0 unspecified atom stereocenters. The molecule has 0 amide bonds. The Labute approximate surface area is 282 Å². The van der Waals surface area contributed by atoms with Gasteiger partial charge in [0.25, 0.3) is 0 Å². The van der Waals surface area contributed by atoms with Crippen LogP contribution in [0.4, 0.5) is 0 Å². The van der Waals surface area contributed by atoms with Crippen molar-refractivity contribution in [1.82, 2.24) is 9.97 Å². The Hall–Kier alpha value is -2.52. The van der Waals surface area contributed by atoms with Crippen molar-refractivity contribution in [2.45, 2.75) is 25.7 Å². The molecule has 0 fully saturated rings. The van der Waals surface area contributed by atoms with Crippen LogP contribution in [-0.4, -0.2) is 15.7 Å². The van der Waals surface area contributed by atoms with Gasteiger partial charge in [0.1, 0.15) is 0 Å². The molecule has 1 aliphatic carbocycles. The number of allylic oxidation sites excluding steroid dienone is 4. The number of aliphatic imine (C=N–C) groups is 1. The molecule has 1 aromatic heterocycles.